The molecule has 2 N–H and O–H groups in total. The molecule has 0 heterocycles. The van der Waals surface area contributed by atoms with E-state index in [0.717, 1.165) is 17.7 Å². The van der Waals surface area contributed by atoms with Crippen LogP contribution in [0.1, 0.15) is 28.4 Å². The maximum absolute atomic E-state index is 12.9. The van der Waals surface area contributed by atoms with Gasteiger partial charge in [0.15, 0.2) is 0 Å². The molecular formula is C22H30N4O2. The van der Waals surface area contributed by atoms with Gasteiger partial charge in [-0.2, -0.15) is 0 Å². The van der Waals surface area contributed by atoms with Crippen LogP contribution < -0.4 is 10.6 Å². The number of hydrogen-bond acceptors (Lipinski definition) is 3. The summed E-state index contributed by atoms with van der Waals surface area (Å²) in [5, 5.41) is 5.77. The number of aryl methyl sites for hydroxylation is 1. The minimum absolute atomic E-state index is 0.111. The molecule has 2 rings (SSSR count). The lowest BCUT2D eigenvalue weighted by Crippen LogP contribution is -2.39. The molecule has 3 amide bonds. The normalized spacial score (nSPS) is 10.6. The molecule has 0 aromatic heterocycles. The molecule has 0 saturated heterocycles. The fourth-order valence-electron chi connectivity index (χ4n) is 2.78. The van der Waals surface area contributed by atoms with Gasteiger partial charge in [0.25, 0.3) is 5.91 Å². The third-order valence-corrected chi connectivity index (χ3v) is 4.39. The number of carbonyl (C=O) groups is 2. The van der Waals surface area contributed by atoms with E-state index in [1.807, 2.05) is 58.3 Å². The number of carbonyl (C=O) groups excluding carboxylic acids is 2. The van der Waals surface area contributed by atoms with Crippen molar-refractivity contribution in [2.24, 2.45) is 0 Å². The number of anilines is 1. The molecule has 28 heavy (non-hydrogen) atoms. The second kappa shape index (κ2) is 10.5. The number of amides is 3. The molecule has 150 valence electrons. The van der Waals surface area contributed by atoms with Gasteiger partial charge >= 0.3 is 6.03 Å². The Hall–Kier alpha value is -2.86. The summed E-state index contributed by atoms with van der Waals surface area (Å²) >= 11 is 0. The fourth-order valence-corrected chi connectivity index (χ4v) is 2.78. The van der Waals surface area contributed by atoms with Gasteiger partial charge in [0.1, 0.15) is 0 Å². The maximum Gasteiger partial charge on any atom is 0.322 e. The number of rotatable bonds is 8. The second-order valence-electron chi connectivity index (χ2n) is 7.03. The monoisotopic (exact) mass is 382 g/mol. The zero-order valence-electron chi connectivity index (χ0n) is 17.2. The molecule has 0 bridgehead atoms. The average molecular weight is 383 g/mol. The van der Waals surface area contributed by atoms with Crippen LogP contribution in [0, 0.1) is 6.92 Å². The van der Waals surface area contributed by atoms with Crippen molar-refractivity contribution >= 4 is 17.6 Å². The summed E-state index contributed by atoms with van der Waals surface area (Å²) in [4.78, 5) is 28.8. The molecule has 0 saturated carbocycles. The zero-order chi connectivity index (χ0) is 20.5. The van der Waals surface area contributed by atoms with Crippen LogP contribution in [0.4, 0.5) is 10.5 Å². The van der Waals surface area contributed by atoms with Crippen molar-refractivity contribution in [3.63, 3.8) is 0 Å². The van der Waals surface area contributed by atoms with Crippen LogP contribution in [0.25, 0.3) is 0 Å². The minimum atomic E-state index is -0.153. The summed E-state index contributed by atoms with van der Waals surface area (Å²) in [6.45, 7) is 6.28. The Bertz CT molecular complexity index is 790. The highest BCUT2D eigenvalue weighted by atomic mass is 16.2. The van der Waals surface area contributed by atoms with E-state index in [0.29, 0.717) is 30.9 Å². The summed E-state index contributed by atoms with van der Waals surface area (Å²) in [6.07, 6.45) is 0. The summed E-state index contributed by atoms with van der Waals surface area (Å²) in [5.41, 5.74) is 3.23. The number of benzene rings is 2. The molecular weight excluding hydrogens is 352 g/mol. The largest absolute Gasteiger partial charge is 0.352 e. The topological polar surface area (TPSA) is 64.7 Å². The highest BCUT2D eigenvalue weighted by Gasteiger charge is 2.16. The van der Waals surface area contributed by atoms with Crippen LogP contribution in [0.5, 0.6) is 0 Å². The molecule has 0 unspecified atom stereocenters. The average Bonchev–Trinajstić information content (AvgIpc) is 2.67. The van der Waals surface area contributed by atoms with Crippen molar-refractivity contribution in [1.29, 1.82) is 0 Å². The van der Waals surface area contributed by atoms with Gasteiger partial charge in [0.05, 0.1) is 0 Å². The Balaban J connectivity index is 2.12. The van der Waals surface area contributed by atoms with E-state index in [9.17, 15) is 9.59 Å². The molecule has 0 fully saturated rings. The van der Waals surface area contributed by atoms with Gasteiger partial charge in [0, 0.05) is 37.4 Å². The van der Waals surface area contributed by atoms with Gasteiger partial charge in [-0.25, -0.2) is 4.79 Å². The lowest BCUT2D eigenvalue weighted by molar-refractivity contribution is 0.0955. The molecule has 0 aliphatic rings. The first-order chi connectivity index (χ1) is 13.4. The zero-order valence-corrected chi connectivity index (χ0v) is 17.2. The first kappa shape index (κ1) is 21.4. The molecule has 6 nitrogen and oxygen atoms in total. The van der Waals surface area contributed by atoms with Crippen molar-refractivity contribution in [1.82, 2.24) is 15.1 Å². The molecule has 0 aliphatic heterocycles. The van der Waals surface area contributed by atoms with Crippen molar-refractivity contribution in [2.45, 2.75) is 20.4 Å². The lowest BCUT2D eigenvalue weighted by Gasteiger charge is -2.25. The standard InChI is InChI=1S/C22H30N4O2/c1-5-23-21(27)19-11-12-20(17(2)15-19)24-22(28)26(14-13-25(3)4)16-18-9-7-6-8-10-18/h6-12,15H,5,13-14,16H2,1-4H3,(H,23,27)(H,24,28). The molecule has 2 aromatic carbocycles. The minimum Gasteiger partial charge on any atom is -0.352 e. The number of nitrogens with zero attached hydrogens (tertiary/aromatic N) is 2. The Morgan fingerprint density at radius 3 is 2.32 bits per heavy atom. The van der Waals surface area contributed by atoms with Gasteiger partial charge in [-0.05, 0) is 57.3 Å². The van der Waals surface area contributed by atoms with E-state index < -0.39 is 0 Å². The Labute approximate surface area is 167 Å². The van der Waals surface area contributed by atoms with Crippen molar-refractivity contribution < 1.29 is 9.59 Å². The van der Waals surface area contributed by atoms with E-state index >= 15 is 0 Å². The second-order valence-corrected chi connectivity index (χ2v) is 7.03. The third-order valence-electron chi connectivity index (χ3n) is 4.39. The van der Waals surface area contributed by atoms with Crippen molar-refractivity contribution in [3.8, 4) is 0 Å². The van der Waals surface area contributed by atoms with Gasteiger partial charge in [-0.1, -0.05) is 30.3 Å². The lowest BCUT2D eigenvalue weighted by atomic mass is 10.1. The van der Waals surface area contributed by atoms with E-state index in [1.165, 1.54) is 0 Å². The summed E-state index contributed by atoms with van der Waals surface area (Å²) in [6, 6.07) is 15.1. The third kappa shape index (κ3) is 6.39. The van der Waals surface area contributed by atoms with Gasteiger partial charge < -0.3 is 20.4 Å². The van der Waals surface area contributed by atoms with Gasteiger partial charge in [0.2, 0.25) is 0 Å². The van der Waals surface area contributed by atoms with Gasteiger partial charge in [-0.15, -0.1) is 0 Å². The van der Waals surface area contributed by atoms with Crippen molar-refractivity contribution in [3.05, 3.63) is 65.2 Å². The van der Waals surface area contributed by atoms with E-state index in [1.54, 1.807) is 23.1 Å². The summed E-state index contributed by atoms with van der Waals surface area (Å²) in [5.74, 6) is -0.111. The molecule has 0 radical (unpaired) electrons. The first-order valence-electron chi connectivity index (χ1n) is 9.54. The van der Waals surface area contributed by atoms with E-state index in [-0.39, 0.29) is 11.9 Å². The summed E-state index contributed by atoms with van der Waals surface area (Å²) in [7, 11) is 3.98. The molecule has 0 spiro atoms. The fraction of sp³-hybridized carbons (Fsp3) is 0.364. The molecule has 2 aromatic rings. The quantitative estimate of drug-likeness (QED) is 0.736. The number of urea groups is 1. The predicted octanol–water partition coefficient (Wildman–Crippen LogP) is 3.34. The smallest absolute Gasteiger partial charge is 0.322 e. The van der Waals surface area contributed by atoms with Crippen LogP contribution in [0.2, 0.25) is 0 Å². The van der Waals surface area contributed by atoms with E-state index in [4.69, 9.17) is 0 Å². The number of nitrogens with one attached hydrogen (secondary N) is 2. The highest BCUT2D eigenvalue weighted by Crippen LogP contribution is 2.18. The predicted molar refractivity (Wildman–Crippen MR) is 114 cm³/mol. The number of hydrogen-bond donors (Lipinski definition) is 2. The van der Waals surface area contributed by atoms with Gasteiger partial charge in [-0.3, -0.25) is 4.79 Å². The Morgan fingerprint density at radius 2 is 1.71 bits per heavy atom. The maximum atomic E-state index is 12.9. The molecule has 6 heteroatoms. The first-order valence-corrected chi connectivity index (χ1v) is 9.54. The van der Waals surface area contributed by atoms with E-state index in [2.05, 4.69) is 15.5 Å². The van der Waals surface area contributed by atoms with Crippen LogP contribution in [-0.4, -0.2) is 55.5 Å². The van der Waals surface area contributed by atoms with Crippen LogP contribution in [0.3, 0.4) is 0 Å². The highest BCUT2D eigenvalue weighted by molar-refractivity contribution is 5.96. The Morgan fingerprint density at radius 1 is 1.00 bits per heavy atom. The number of likely N-dealkylation sites (N-methyl/N-ethyl adjacent to an activating group) is 1. The van der Waals surface area contributed by atoms with Crippen LogP contribution in [0.15, 0.2) is 48.5 Å². The molecule has 0 atom stereocenters. The Kier molecular flexibility index (Phi) is 8.02. The molecule has 0 aliphatic carbocycles. The van der Waals surface area contributed by atoms with Crippen LogP contribution in [-0.2, 0) is 6.54 Å². The summed E-state index contributed by atoms with van der Waals surface area (Å²) < 4.78 is 0. The van der Waals surface area contributed by atoms with Crippen LogP contribution >= 0.6 is 0 Å². The van der Waals surface area contributed by atoms with Crippen molar-refractivity contribution in [2.75, 3.05) is 39.0 Å². The SMILES string of the molecule is CCNC(=O)c1ccc(NC(=O)N(CCN(C)C)Cc2ccccc2)c(C)c1.